The zero-order valence-corrected chi connectivity index (χ0v) is 14.3. The smallest absolute Gasteiger partial charge is 0.262 e. The fraction of sp³-hybridized carbons (Fsp3) is 0.474. The Morgan fingerprint density at radius 1 is 1.29 bits per heavy atom. The number of ether oxygens (including phenoxy) is 1. The second-order valence-electron chi connectivity index (χ2n) is 5.76. The van der Waals surface area contributed by atoms with Crippen molar-refractivity contribution in [3.05, 3.63) is 35.4 Å². The summed E-state index contributed by atoms with van der Waals surface area (Å²) in [6, 6.07) is 9.98. The lowest BCUT2D eigenvalue weighted by Gasteiger charge is -2.28. The Bertz CT molecular complexity index is 596. The van der Waals surface area contributed by atoms with Gasteiger partial charge >= 0.3 is 0 Å². The van der Waals surface area contributed by atoms with Gasteiger partial charge in [-0.25, -0.2) is 0 Å². The molecule has 1 aromatic carbocycles. The molecule has 1 heterocycles. The van der Waals surface area contributed by atoms with Gasteiger partial charge in [0.2, 0.25) is 0 Å². The Morgan fingerprint density at radius 2 is 2.00 bits per heavy atom. The largest absolute Gasteiger partial charge is 0.380 e. The first-order valence-corrected chi connectivity index (χ1v) is 8.57. The van der Waals surface area contributed by atoms with Crippen LogP contribution in [0.25, 0.3) is 6.08 Å². The van der Waals surface area contributed by atoms with Gasteiger partial charge in [-0.3, -0.25) is 4.79 Å². The highest BCUT2D eigenvalue weighted by molar-refractivity contribution is 6.01. The van der Waals surface area contributed by atoms with E-state index in [9.17, 15) is 10.1 Å². The third-order valence-electron chi connectivity index (χ3n) is 4.03. The monoisotopic (exact) mass is 327 g/mol. The van der Waals surface area contributed by atoms with Crippen LogP contribution in [0.5, 0.6) is 0 Å². The Hall–Kier alpha value is -2.32. The number of nitrogens with one attached hydrogen (secondary N) is 1. The molecule has 1 aliphatic rings. The highest BCUT2D eigenvalue weighted by atomic mass is 16.5. The number of benzene rings is 1. The SMILES string of the molecule is CCOCCNC(=O)/C(C#N)=C/c1ccc(N2CCCCC2)cc1. The molecule has 0 bridgehead atoms. The number of rotatable bonds is 7. The van der Waals surface area contributed by atoms with Crippen molar-refractivity contribution >= 4 is 17.7 Å². The van der Waals surface area contributed by atoms with E-state index in [-0.39, 0.29) is 11.5 Å². The van der Waals surface area contributed by atoms with E-state index in [0.29, 0.717) is 19.8 Å². The minimum absolute atomic E-state index is 0.109. The summed E-state index contributed by atoms with van der Waals surface area (Å²) in [4.78, 5) is 14.4. The summed E-state index contributed by atoms with van der Waals surface area (Å²) >= 11 is 0. The second kappa shape index (κ2) is 9.74. The number of carbonyl (C=O) groups excluding carboxylic acids is 1. The Balaban J connectivity index is 1.97. The Kier molecular flexibility index (Phi) is 7.31. The zero-order valence-electron chi connectivity index (χ0n) is 14.3. The minimum Gasteiger partial charge on any atom is -0.380 e. The predicted octanol–water partition coefficient (Wildman–Crippen LogP) is 2.74. The molecule has 5 heteroatoms. The molecule has 128 valence electrons. The molecule has 1 N–H and O–H groups in total. The summed E-state index contributed by atoms with van der Waals surface area (Å²) in [7, 11) is 0. The molecule has 1 saturated heterocycles. The highest BCUT2D eigenvalue weighted by Crippen LogP contribution is 2.21. The number of carbonyl (C=O) groups is 1. The third-order valence-corrected chi connectivity index (χ3v) is 4.03. The highest BCUT2D eigenvalue weighted by Gasteiger charge is 2.11. The van der Waals surface area contributed by atoms with Gasteiger partial charge in [0.1, 0.15) is 11.6 Å². The van der Waals surface area contributed by atoms with Crippen LogP contribution in [0.1, 0.15) is 31.7 Å². The third kappa shape index (κ3) is 5.39. The van der Waals surface area contributed by atoms with Crippen molar-refractivity contribution in [3.63, 3.8) is 0 Å². The molecule has 0 aliphatic carbocycles. The molecule has 0 aromatic heterocycles. The second-order valence-corrected chi connectivity index (χ2v) is 5.76. The van der Waals surface area contributed by atoms with Crippen LogP contribution in [0.4, 0.5) is 5.69 Å². The number of nitriles is 1. The van der Waals surface area contributed by atoms with Crippen molar-refractivity contribution in [3.8, 4) is 6.07 Å². The molecule has 0 atom stereocenters. The van der Waals surface area contributed by atoms with Gasteiger partial charge in [-0.1, -0.05) is 12.1 Å². The van der Waals surface area contributed by atoms with Crippen molar-refractivity contribution in [2.24, 2.45) is 0 Å². The van der Waals surface area contributed by atoms with E-state index in [1.54, 1.807) is 6.08 Å². The molecular weight excluding hydrogens is 302 g/mol. The lowest BCUT2D eigenvalue weighted by Crippen LogP contribution is -2.29. The van der Waals surface area contributed by atoms with E-state index >= 15 is 0 Å². The molecule has 1 aliphatic heterocycles. The maximum absolute atomic E-state index is 12.0. The minimum atomic E-state index is -0.364. The number of piperidine rings is 1. The first-order valence-electron chi connectivity index (χ1n) is 8.57. The molecule has 0 radical (unpaired) electrons. The predicted molar refractivity (Wildman–Crippen MR) is 95.6 cm³/mol. The number of hydrogen-bond acceptors (Lipinski definition) is 4. The molecule has 5 nitrogen and oxygen atoms in total. The molecule has 1 aromatic rings. The summed E-state index contributed by atoms with van der Waals surface area (Å²) in [5.74, 6) is -0.364. The molecule has 24 heavy (non-hydrogen) atoms. The van der Waals surface area contributed by atoms with Gasteiger partial charge < -0.3 is 15.0 Å². The van der Waals surface area contributed by atoms with E-state index in [1.807, 2.05) is 25.1 Å². The number of hydrogen-bond donors (Lipinski definition) is 1. The topological polar surface area (TPSA) is 65.4 Å². The number of amides is 1. The van der Waals surface area contributed by atoms with Gasteiger partial charge in [0.05, 0.1) is 6.61 Å². The van der Waals surface area contributed by atoms with Crippen LogP contribution in [0.2, 0.25) is 0 Å². The van der Waals surface area contributed by atoms with Crippen LogP contribution >= 0.6 is 0 Å². The maximum atomic E-state index is 12.0. The van der Waals surface area contributed by atoms with Crippen LogP contribution in [0.15, 0.2) is 29.8 Å². The van der Waals surface area contributed by atoms with Crippen molar-refractivity contribution in [2.75, 3.05) is 37.7 Å². The molecule has 0 spiro atoms. The average molecular weight is 327 g/mol. The molecule has 0 unspecified atom stereocenters. The van der Waals surface area contributed by atoms with E-state index in [0.717, 1.165) is 18.7 Å². The Morgan fingerprint density at radius 3 is 2.62 bits per heavy atom. The van der Waals surface area contributed by atoms with Crippen molar-refractivity contribution in [2.45, 2.75) is 26.2 Å². The van der Waals surface area contributed by atoms with Crippen molar-refractivity contribution < 1.29 is 9.53 Å². The maximum Gasteiger partial charge on any atom is 0.262 e. The van der Waals surface area contributed by atoms with Crippen LogP contribution in [-0.2, 0) is 9.53 Å². The van der Waals surface area contributed by atoms with Crippen LogP contribution in [0.3, 0.4) is 0 Å². The van der Waals surface area contributed by atoms with Gasteiger partial charge in [-0.2, -0.15) is 5.26 Å². The van der Waals surface area contributed by atoms with E-state index in [1.165, 1.54) is 24.9 Å². The summed E-state index contributed by atoms with van der Waals surface area (Å²) in [6.07, 6.45) is 5.40. The van der Waals surface area contributed by atoms with Crippen LogP contribution in [-0.4, -0.2) is 38.8 Å². The summed E-state index contributed by atoms with van der Waals surface area (Å²) in [6.45, 7) is 5.56. The van der Waals surface area contributed by atoms with Crippen LogP contribution in [0, 0.1) is 11.3 Å². The molecule has 1 amide bonds. The van der Waals surface area contributed by atoms with E-state index in [4.69, 9.17) is 4.74 Å². The molecule has 1 fully saturated rings. The average Bonchev–Trinajstić information content (AvgIpc) is 2.64. The first kappa shape index (κ1) is 18.0. The normalized spacial score (nSPS) is 15.0. The van der Waals surface area contributed by atoms with Gasteiger partial charge in [0, 0.05) is 31.9 Å². The van der Waals surface area contributed by atoms with Gasteiger partial charge in [0.25, 0.3) is 5.91 Å². The van der Waals surface area contributed by atoms with Gasteiger partial charge in [-0.15, -0.1) is 0 Å². The molecule has 2 rings (SSSR count). The first-order chi connectivity index (χ1) is 11.7. The van der Waals surface area contributed by atoms with Gasteiger partial charge in [0.15, 0.2) is 0 Å². The molecule has 0 saturated carbocycles. The molecular formula is C19H25N3O2. The fourth-order valence-electron chi connectivity index (χ4n) is 2.73. The van der Waals surface area contributed by atoms with Gasteiger partial charge in [-0.05, 0) is 50.0 Å². The Labute approximate surface area is 143 Å². The number of anilines is 1. The van der Waals surface area contributed by atoms with Crippen molar-refractivity contribution in [1.82, 2.24) is 5.32 Å². The van der Waals surface area contributed by atoms with E-state index < -0.39 is 0 Å². The van der Waals surface area contributed by atoms with Crippen LogP contribution < -0.4 is 10.2 Å². The zero-order chi connectivity index (χ0) is 17.2. The summed E-state index contributed by atoms with van der Waals surface area (Å²) in [5.41, 5.74) is 2.16. The van der Waals surface area contributed by atoms with E-state index in [2.05, 4.69) is 22.3 Å². The summed E-state index contributed by atoms with van der Waals surface area (Å²) in [5, 5.41) is 11.9. The quantitative estimate of drug-likeness (QED) is 0.475. The summed E-state index contributed by atoms with van der Waals surface area (Å²) < 4.78 is 5.16. The standard InChI is InChI=1S/C19H25N3O2/c1-2-24-13-10-21-19(23)17(15-20)14-16-6-8-18(9-7-16)22-11-4-3-5-12-22/h6-9,14H,2-5,10-13H2,1H3,(H,21,23)/b17-14+. The van der Waals surface area contributed by atoms with Crippen molar-refractivity contribution in [1.29, 1.82) is 5.26 Å². The number of nitrogens with zero attached hydrogens (tertiary/aromatic N) is 2. The lowest BCUT2D eigenvalue weighted by molar-refractivity contribution is -0.117. The fourth-order valence-corrected chi connectivity index (χ4v) is 2.73. The lowest BCUT2D eigenvalue weighted by atomic mass is 10.1.